The molecule has 0 saturated carbocycles. The highest BCUT2D eigenvalue weighted by atomic mass is 35.5. The summed E-state index contributed by atoms with van der Waals surface area (Å²) < 4.78 is 2.01. The van der Waals surface area contributed by atoms with E-state index in [0.717, 1.165) is 18.7 Å². The van der Waals surface area contributed by atoms with Crippen molar-refractivity contribution in [1.82, 2.24) is 10.6 Å². The lowest BCUT2D eigenvalue weighted by molar-refractivity contribution is -0.434. The number of guanidine groups is 1. The van der Waals surface area contributed by atoms with Crippen LogP contribution in [0.2, 0.25) is 5.02 Å². The molecule has 0 aromatic heterocycles. The van der Waals surface area contributed by atoms with Gasteiger partial charge in [0, 0.05) is 17.1 Å². The number of carbonyl (C=O) groups is 2. The maximum atomic E-state index is 12.6. The number of nitrogens with one attached hydrogen (secondary N) is 3. The van der Waals surface area contributed by atoms with Crippen LogP contribution < -0.4 is 16.0 Å². The summed E-state index contributed by atoms with van der Waals surface area (Å²) in [6, 6.07) is 14.3. The third-order valence-corrected chi connectivity index (χ3v) is 4.80. The quantitative estimate of drug-likeness (QED) is 0.709. The van der Waals surface area contributed by atoms with Crippen molar-refractivity contribution in [3.05, 3.63) is 59.1 Å². The maximum absolute atomic E-state index is 12.6. The monoisotopic (exact) mass is 369 g/mol. The number of rotatable bonds is 2. The highest BCUT2D eigenvalue weighted by Crippen LogP contribution is 2.25. The summed E-state index contributed by atoms with van der Waals surface area (Å²) in [5.74, 6) is 0.119. The molecule has 2 aromatic rings. The zero-order valence-electron chi connectivity index (χ0n) is 14.0. The average Bonchev–Trinajstić information content (AvgIpc) is 3.07. The molecule has 2 amide bonds. The van der Waals surface area contributed by atoms with Crippen LogP contribution in [0, 0.1) is 0 Å². The second-order valence-corrected chi connectivity index (χ2v) is 6.76. The summed E-state index contributed by atoms with van der Waals surface area (Å²) in [5.41, 5.74) is 2.91. The van der Waals surface area contributed by atoms with Gasteiger partial charge < -0.3 is 5.32 Å². The van der Waals surface area contributed by atoms with Crippen molar-refractivity contribution >= 4 is 40.7 Å². The summed E-state index contributed by atoms with van der Waals surface area (Å²) in [4.78, 5) is 24.7. The number of fused-ring (bicyclic) bond motifs is 1. The minimum Gasteiger partial charge on any atom is -0.323 e. The largest absolute Gasteiger partial charge is 0.358 e. The van der Waals surface area contributed by atoms with Gasteiger partial charge in [-0.05, 0) is 35.9 Å². The van der Waals surface area contributed by atoms with E-state index in [4.69, 9.17) is 11.6 Å². The van der Waals surface area contributed by atoms with Crippen LogP contribution in [0.5, 0.6) is 0 Å². The van der Waals surface area contributed by atoms with Crippen LogP contribution in [-0.4, -0.2) is 34.9 Å². The molecule has 0 radical (unpaired) electrons. The molecule has 2 aliphatic rings. The molecule has 1 fully saturated rings. The van der Waals surface area contributed by atoms with Gasteiger partial charge in [-0.15, -0.1) is 0 Å². The standard InChI is InChI=1S/C19H17ClN4O2/c20-13-5-7-14(8-6-13)21-18(26)15-11-17(25)23-19(22-15)24-10-9-12-3-1-2-4-16(12)24/h1-8,15H,9-11H2,(H2,21,22,23,25,26)/p+1/t15-/m0/s1. The van der Waals surface area contributed by atoms with E-state index in [1.807, 2.05) is 22.8 Å². The Labute approximate surface area is 155 Å². The Bertz CT molecular complexity index is 908. The lowest BCUT2D eigenvalue weighted by atomic mass is 10.1. The van der Waals surface area contributed by atoms with Gasteiger partial charge in [-0.1, -0.05) is 29.8 Å². The summed E-state index contributed by atoms with van der Waals surface area (Å²) in [7, 11) is 0. The molecule has 1 atom stereocenters. The Balaban J connectivity index is 1.55. The first-order valence-electron chi connectivity index (χ1n) is 8.45. The van der Waals surface area contributed by atoms with Crippen molar-refractivity contribution in [2.75, 3.05) is 11.9 Å². The Morgan fingerprint density at radius 1 is 1.15 bits per heavy atom. The molecule has 6 nitrogen and oxygen atoms in total. The Morgan fingerprint density at radius 3 is 2.73 bits per heavy atom. The van der Waals surface area contributed by atoms with Crippen molar-refractivity contribution < 1.29 is 14.2 Å². The second kappa shape index (κ2) is 6.80. The third kappa shape index (κ3) is 3.28. The normalized spacial score (nSPS) is 21.6. The highest BCUT2D eigenvalue weighted by Gasteiger charge is 2.36. The predicted octanol–water partition coefficient (Wildman–Crippen LogP) is 2.01. The van der Waals surface area contributed by atoms with Crippen LogP contribution in [0.15, 0.2) is 48.5 Å². The first kappa shape index (κ1) is 16.6. The molecule has 26 heavy (non-hydrogen) atoms. The van der Waals surface area contributed by atoms with E-state index in [2.05, 4.69) is 22.0 Å². The zero-order chi connectivity index (χ0) is 18.1. The van der Waals surface area contributed by atoms with Gasteiger partial charge in [-0.3, -0.25) is 14.9 Å². The molecule has 7 heteroatoms. The lowest BCUT2D eigenvalue weighted by Gasteiger charge is -2.21. The number of hydrogen-bond donors (Lipinski definition) is 3. The number of para-hydroxylation sites is 1. The molecule has 1 saturated heterocycles. The topological polar surface area (TPSA) is 73.2 Å². The van der Waals surface area contributed by atoms with E-state index in [1.165, 1.54) is 5.56 Å². The van der Waals surface area contributed by atoms with Crippen LogP contribution in [-0.2, 0) is 16.0 Å². The van der Waals surface area contributed by atoms with Gasteiger partial charge in [0.15, 0.2) is 6.04 Å². The van der Waals surface area contributed by atoms with Gasteiger partial charge in [0.25, 0.3) is 11.8 Å². The fourth-order valence-electron chi connectivity index (χ4n) is 3.26. The molecule has 0 bridgehead atoms. The lowest BCUT2D eigenvalue weighted by Crippen LogP contribution is -2.59. The molecule has 3 N–H and O–H groups in total. The van der Waals surface area contributed by atoms with Crippen LogP contribution >= 0.6 is 11.6 Å². The Hall–Kier alpha value is -2.86. The van der Waals surface area contributed by atoms with Crippen LogP contribution in [0.25, 0.3) is 0 Å². The first-order valence-corrected chi connectivity index (χ1v) is 8.83. The molecule has 2 aliphatic heterocycles. The molecule has 2 heterocycles. The first-order chi connectivity index (χ1) is 12.6. The Kier molecular flexibility index (Phi) is 4.34. The van der Waals surface area contributed by atoms with Gasteiger partial charge >= 0.3 is 5.96 Å². The van der Waals surface area contributed by atoms with E-state index in [0.29, 0.717) is 16.7 Å². The van der Waals surface area contributed by atoms with E-state index < -0.39 is 6.04 Å². The average molecular weight is 370 g/mol. The molecule has 2 aromatic carbocycles. The summed E-state index contributed by atoms with van der Waals surface area (Å²) in [6.07, 6.45) is 0.983. The molecule has 0 aliphatic carbocycles. The van der Waals surface area contributed by atoms with E-state index in [1.54, 1.807) is 24.3 Å². The van der Waals surface area contributed by atoms with Crippen molar-refractivity contribution in [2.24, 2.45) is 0 Å². The number of nitrogens with zero attached hydrogens (tertiary/aromatic N) is 1. The molecular formula is C19H18ClN4O2+. The number of halogens is 1. The van der Waals surface area contributed by atoms with Crippen molar-refractivity contribution in [1.29, 1.82) is 0 Å². The number of hydrogen-bond acceptors (Lipinski definition) is 2. The molecule has 0 unspecified atom stereocenters. The van der Waals surface area contributed by atoms with E-state index >= 15 is 0 Å². The zero-order valence-corrected chi connectivity index (χ0v) is 14.7. The minimum atomic E-state index is -0.637. The van der Waals surface area contributed by atoms with Gasteiger partial charge in [0.2, 0.25) is 0 Å². The third-order valence-electron chi connectivity index (χ3n) is 4.54. The SMILES string of the molecule is O=C1C[C@@H](C(=O)Nc2ccc(Cl)cc2)NC(=[N+]2CCc3ccccc32)N1. The van der Waals surface area contributed by atoms with Crippen molar-refractivity contribution in [3.63, 3.8) is 0 Å². The summed E-state index contributed by atoms with van der Waals surface area (Å²) in [5, 5.41) is 9.44. The van der Waals surface area contributed by atoms with Gasteiger partial charge in [-0.2, -0.15) is 0 Å². The molecule has 4 rings (SSSR count). The number of carbonyl (C=O) groups excluding carboxylic acids is 2. The smallest absolute Gasteiger partial charge is 0.323 e. The number of amides is 2. The van der Waals surface area contributed by atoms with Crippen molar-refractivity contribution in [2.45, 2.75) is 18.9 Å². The summed E-state index contributed by atoms with van der Waals surface area (Å²) in [6.45, 7) is 0.757. The number of benzene rings is 2. The molecule has 0 spiro atoms. The second-order valence-electron chi connectivity index (χ2n) is 6.32. The van der Waals surface area contributed by atoms with Crippen molar-refractivity contribution in [3.8, 4) is 0 Å². The fourth-order valence-corrected chi connectivity index (χ4v) is 3.38. The van der Waals surface area contributed by atoms with E-state index in [-0.39, 0.29) is 18.2 Å². The summed E-state index contributed by atoms with van der Waals surface area (Å²) >= 11 is 5.86. The Morgan fingerprint density at radius 2 is 1.92 bits per heavy atom. The van der Waals surface area contributed by atoms with Gasteiger partial charge in [0.05, 0.1) is 13.0 Å². The minimum absolute atomic E-state index is 0.0818. The number of anilines is 1. The molecule has 132 valence electrons. The van der Waals surface area contributed by atoms with E-state index in [9.17, 15) is 9.59 Å². The van der Waals surface area contributed by atoms with Crippen LogP contribution in [0.4, 0.5) is 11.4 Å². The van der Waals surface area contributed by atoms with Crippen LogP contribution in [0.1, 0.15) is 12.0 Å². The fraction of sp³-hybridized carbons (Fsp3) is 0.211. The maximum Gasteiger partial charge on any atom is 0.358 e. The van der Waals surface area contributed by atoms with Crippen LogP contribution in [0.3, 0.4) is 0 Å². The van der Waals surface area contributed by atoms with Gasteiger partial charge in [-0.25, -0.2) is 9.89 Å². The van der Waals surface area contributed by atoms with Gasteiger partial charge in [0.1, 0.15) is 5.69 Å². The highest BCUT2D eigenvalue weighted by molar-refractivity contribution is 6.30. The predicted molar refractivity (Wildman–Crippen MR) is 99.7 cm³/mol. The molecular weight excluding hydrogens is 352 g/mol.